The number of aliphatic hydroxyl groups excluding tert-OH is 1. The number of carboxylic acid groups (broad SMARTS) is 1. The fourth-order valence-corrected chi connectivity index (χ4v) is 0.301. The number of carboxylic acids is 1. The van der Waals surface area contributed by atoms with Gasteiger partial charge in [0.25, 0.3) is 0 Å². The van der Waals surface area contributed by atoms with Crippen LogP contribution in [0.5, 0.6) is 0 Å². The lowest BCUT2D eigenvalue weighted by atomic mass is 10.4. The number of ether oxygens (including phenoxy) is 1. The molecule has 0 aliphatic rings. The summed E-state index contributed by atoms with van der Waals surface area (Å²) in [5.41, 5.74) is 0. The second-order valence-corrected chi connectivity index (χ2v) is 1.51. The van der Waals surface area contributed by atoms with Crippen molar-refractivity contribution in [1.82, 2.24) is 0 Å². The van der Waals surface area contributed by atoms with Crippen LogP contribution >= 0.6 is 0 Å². The Labute approximate surface area is 53.1 Å². The van der Waals surface area contributed by atoms with Crippen molar-refractivity contribution < 1.29 is 19.7 Å². The molecule has 0 bridgehead atoms. The molecule has 9 heavy (non-hydrogen) atoms. The second-order valence-electron chi connectivity index (χ2n) is 1.51. The van der Waals surface area contributed by atoms with Crippen LogP contribution in [-0.4, -0.2) is 35.5 Å². The fourth-order valence-electron chi connectivity index (χ4n) is 0.301. The number of carbonyl (C=O) groups is 1. The Kier molecular flexibility index (Phi) is 4.00. The Morgan fingerprint density at radius 2 is 2.33 bits per heavy atom. The minimum Gasteiger partial charge on any atom is -0.479 e. The van der Waals surface area contributed by atoms with Crippen molar-refractivity contribution in [3.05, 3.63) is 0 Å². The summed E-state index contributed by atoms with van der Waals surface area (Å²) in [6.07, 6.45) is -1.38. The van der Waals surface area contributed by atoms with Gasteiger partial charge < -0.3 is 14.9 Å². The molecule has 0 saturated carbocycles. The van der Waals surface area contributed by atoms with Crippen molar-refractivity contribution in [1.29, 1.82) is 0 Å². The highest BCUT2D eigenvalue weighted by Crippen LogP contribution is 1.83. The zero-order valence-electron chi connectivity index (χ0n) is 5.20. The molecule has 0 aromatic heterocycles. The van der Waals surface area contributed by atoms with Gasteiger partial charge in [0.2, 0.25) is 0 Å². The van der Waals surface area contributed by atoms with Gasteiger partial charge in [-0.25, -0.2) is 4.79 Å². The Morgan fingerprint density at radius 3 is 2.67 bits per heavy atom. The molecular formula is C5H10O4. The van der Waals surface area contributed by atoms with E-state index in [1.165, 1.54) is 0 Å². The van der Waals surface area contributed by atoms with Crippen LogP contribution in [0.4, 0.5) is 0 Å². The highest BCUT2D eigenvalue weighted by molar-refractivity contribution is 5.71. The van der Waals surface area contributed by atoms with Gasteiger partial charge >= 0.3 is 5.97 Å². The third-order valence-corrected chi connectivity index (χ3v) is 0.765. The predicted octanol–water partition coefficient (Wildman–Crippen LogP) is -0.532. The topological polar surface area (TPSA) is 66.8 Å². The minimum absolute atomic E-state index is 0.133. The summed E-state index contributed by atoms with van der Waals surface area (Å²) in [4.78, 5) is 9.88. The van der Waals surface area contributed by atoms with Crippen LogP contribution in [0.3, 0.4) is 0 Å². The van der Waals surface area contributed by atoms with Gasteiger partial charge in [-0.05, 0) is 6.92 Å². The molecule has 2 N–H and O–H groups in total. The molecule has 0 saturated heterocycles. The van der Waals surface area contributed by atoms with Crippen LogP contribution < -0.4 is 0 Å². The average Bonchev–Trinajstić information content (AvgIpc) is 1.82. The van der Waals surface area contributed by atoms with Gasteiger partial charge in [0.1, 0.15) is 0 Å². The zero-order valence-corrected chi connectivity index (χ0v) is 5.20. The summed E-state index contributed by atoms with van der Waals surface area (Å²) in [5, 5.41) is 16.6. The van der Waals surface area contributed by atoms with E-state index in [2.05, 4.69) is 4.74 Å². The molecule has 0 spiro atoms. The summed E-state index contributed by atoms with van der Waals surface area (Å²) in [6, 6.07) is 0. The molecule has 0 fully saturated rings. The molecule has 54 valence electrons. The molecule has 0 aromatic rings. The van der Waals surface area contributed by atoms with E-state index in [0.29, 0.717) is 6.61 Å². The molecule has 0 rings (SSSR count). The molecule has 4 nitrogen and oxygen atoms in total. The first-order chi connectivity index (χ1) is 4.18. The van der Waals surface area contributed by atoms with Gasteiger partial charge in [0.15, 0.2) is 6.10 Å². The van der Waals surface area contributed by atoms with E-state index in [-0.39, 0.29) is 6.61 Å². The van der Waals surface area contributed by atoms with Gasteiger partial charge in [0.05, 0.1) is 6.61 Å². The standard InChI is InChI=1S/C5H10O4/c1-2-9-3-4(6)5(7)8/h4,6H,2-3H2,1H3,(H,7,8). The fraction of sp³-hybridized carbons (Fsp3) is 0.800. The van der Waals surface area contributed by atoms with Gasteiger partial charge in [-0.15, -0.1) is 0 Å². The molecule has 0 aromatic carbocycles. The van der Waals surface area contributed by atoms with Gasteiger partial charge in [0, 0.05) is 6.61 Å². The summed E-state index contributed by atoms with van der Waals surface area (Å²) in [6.45, 7) is 2.02. The molecular weight excluding hydrogens is 124 g/mol. The smallest absolute Gasteiger partial charge is 0.334 e. The largest absolute Gasteiger partial charge is 0.479 e. The van der Waals surface area contributed by atoms with Crippen molar-refractivity contribution in [2.24, 2.45) is 0 Å². The van der Waals surface area contributed by atoms with Gasteiger partial charge in [-0.3, -0.25) is 0 Å². The van der Waals surface area contributed by atoms with Crippen LogP contribution in [0, 0.1) is 0 Å². The van der Waals surface area contributed by atoms with E-state index in [4.69, 9.17) is 10.2 Å². The maximum absolute atomic E-state index is 9.88. The van der Waals surface area contributed by atoms with Crippen LogP contribution in [0.25, 0.3) is 0 Å². The van der Waals surface area contributed by atoms with Crippen molar-refractivity contribution in [2.45, 2.75) is 13.0 Å². The van der Waals surface area contributed by atoms with Crippen LogP contribution in [0.15, 0.2) is 0 Å². The predicted molar refractivity (Wildman–Crippen MR) is 30.1 cm³/mol. The maximum Gasteiger partial charge on any atom is 0.334 e. The van der Waals surface area contributed by atoms with Crippen molar-refractivity contribution >= 4 is 5.97 Å². The average molecular weight is 134 g/mol. The lowest BCUT2D eigenvalue weighted by Gasteiger charge is -2.02. The molecule has 0 radical (unpaired) electrons. The summed E-state index contributed by atoms with van der Waals surface area (Å²) in [5.74, 6) is -1.25. The van der Waals surface area contributed by atoms with Crippen molar-refractivity contribution in [3.63, 3.8) is 0 Å². The number of aliphatic hydroxyl groups is 1. The van der Waals surface area contributed by atoms with Gasteiger partial charge in [-0.2, -0.15) is 0 Å². The summed E-state index contributed by atoms with van der Waals surface area (Å²) in [7, 11) is 0. The second kappa shape index (κ2) is 4.29. The Bertz CT molecular complexity index is 91.0. The highest BCUT2D eigenvalue weighted by atomic mass is 16.5. The van der Waals surface area contributed by atoms with E-state index in [0.717, 1.165) is 0 Å². The molecule has 0 amide bonds. The lowest BCUT2D eigenvalue weighted by Crippen LogP contribution is -2.25. The normalized spacial score (nSPS) is 13.1. The summed E-state index contributed by atoms with van der Waals surface area (Å²) < 4.78 is 4.63. The van der Waals surface area contributed by atoms with E-state index in [1.807, 2.05) is 0 Å². The number of rotatable bonds is 4. The first-order valence-electron chi connectivity index (χ1n) is 2.67. The number of aliphatic carboxylic acids is 1. The van der Waals surface area contributed by atoms with Crippen LogP contribution in [0.1, 0.15) is 6.92 Å². The zero-order chi connectivity index (χ0) is 7.28. The maximum atomic E-state index is 9.88. The molecule has 1 unspecified atom stereocenters. The number of hydrogen-bond acceptors (Lipinski definition) is 3. The summed E-state index contributed by atoms with van der Waals surface area (Å²) >= 11 is 0. The third-order valence-electron chi connectivity index (χ3n) is 0.765. The van der Waals surface area contributed by atoms with E-state index in [1.54, 1.807) is 6.92 Å². The molecule has 4 heteroatoms. The molecule has 0 heterocycles. The molecule has 1 atom stereocenters. The van der Waals surface area contributed by atoms with Crippen LogP contribution in [-0.2, 0) is 9.53 Å². The highest BCUT2D eigenvalue weighted by Gasteiger charge is 2.11. The minimum atomic E-state index is -1.38. The van der Waals surface area contributed by atoms with E-state index < -0.39 is 12.1 Å². The quantitative estimate of drug-likeness (QED) is 0.542. The Hall–Kier alpha value is -0.610. The van der Waals surface area contributed by atoms with E-state index in [9.17, 15) is 4.79 Å². The Balaban J connectivity index is 3.27. The first-order valence-corrected chi connectivity index (χ1v) is 2.67. The first kappa shape index (κ1) is 8.39. The lowest BCUT2D eigenvalue weighted by molar-refractivity contribution is -0.149. The molecule has 0 aliphatic heterocycles. The Morgan fingerprint density at radius 1 is 1.78 bits per heavy atom. The monoisotopic (exact) mass is 134 g/mol. The van der Waals surface area contributed by atoms with Gasteiger partial charge in [-0.1, -0.05) is 0 Å². The van der Waals surface area contributed by atoms with Crippen molar-refractivity contribution in [3.8, 4) is 0 Å². The molecule has 0 aliphatic carbocycles. The van der Waals surface area contributed by atoms with E-state index >= 15 is 0 Å². The van der Waals surface area contributed by atoms with Crippen LogP contribution in [0.2, 0.25) is 0 Å². The van der Waals surface area contributed by atoms with Crippen molar-refractivity contribution in [2.75, 3.05) is 13.2 Å². The SMILES string of the molecule is CCOCC(O)C(=O)O. The third kappa shape index (κ3) is 3.93. The number of hydrogen-bond donors (Lipinski definition) is 2.